The van der Waals surface area contributed by atoms with Gasteiger partial charge in [-0.1, -0.05) is 37.3 Å². The van der Waals surface area contributed by atoms with E-state index in [0.29, 0.717) is 19.5 Å². The monoisotopic (exact) mass is 286 g/mol. The van der Waals surface area contributed by atoms with Gasteiger partial charge in [-0.15, -0.1) is 0 Å². The van der Waals surface area contributed by atoms with Gasteiger partial charge in [0.25, 0.3) is 0 Å². The predicted octanol–water partition coefficient (Wildman–Crippen LogP) is 2.50. The summed E-state index contributed by atoms with van der Waals surface area (Å²) in [7, 11) is 0. The minimum atomic E-state index is 0.156. The molecule has 0 bridgehead atoms. The van der Waals surface area contributed by atoms with E-state index in [-0.39, 0.29) is 11.9 Å². The summed E-state index contributed by atoms with van der Waals surface area (Å²) in [5.74, 6) is 0.156. The molecular formula is C16H22N4O. The summed E-state index contributed by atoms with van der Waals surface area (Å²) in [5.41, 5.74) is 1.16. The zero-order valence-electron chi connectivity index (χ0n) is 12.6. The lowest BCUT2D eigenvalue weighted by atomic mass is 10.1. The minimum Gasteiger partial charge on any atom is -0.336 e. The minimum absolute atomic E-state index is 0.156. The van der Waals surface area contributed by atoms with Gasteiger partial charge < -0.3 is 4.90 Å². The van der Waals surface area contributed by atoms with Crippen molar-refractivity contribution in [3.63, 3.8) is 0 Å². The third-order valence-corrected chi connectivity index (χ3v) is 3.66. The lowest BCUT2D eigenvalue weighted by Crippen LogP contribution is -2.38. The fourth-order valence-corrected chi connectivity index (χ4v) is 2.19. The number of rotatable bonds is 7. The standard InChI is InChI=1S/C16H22N4O/c1-3-14(2)20(11-15-7-5-4-6-8-15)16(21)9-10-19-13-17-12-18-19/h4-8,12-14H,3,9-11H2,1-2H3/t14-/m1/s1. The Labute approximate surface area is 125 Å². The second-order valence-corrected chi connectivity index (χ2v) is 5.17. The van der Waals surface area contributed by atoms with E-state index in [1.165, 1.54) is 6.33 Å². The van der Waals surface area contributed by atoms with Crippen molar-refractivity contribution in [2.75, 3.05) is 0 Å². The second-order valence-electron chi connectivity index (χ2n) is 5.17. The van der Waals surface area contributed by atoms with Crippen LogP contribution >= 0.6 is 0 Å². The molecule has 21 heavy (non-hydrogen) atoms. The Morgan fingerprint density at radius 3 is 2.71 bits per heavy atom. The van der Waals surface area contributed by atoms with Crippen LogP contribution in [-0.4, -0.2) is 31.6 Å². The molecule has 0 saturated heterocycles. The molecule has 0 aliphatic heterocycles. The van der Waals surface area contributed by atoms with Crippen LogP contribution in [0.4, 0.5) is 0 Å². The van der Waals surface area contributed by atoms with Crippen molar-refractivity contribution >= 4 is 5.91 Å². The van der Waals surface area contributed by atoms with E-state index in [0.717, 1.165) is 12.0 Å². The van der Waals surface area contributed by atoms with Crippen LogP contribution in [0.3, 0.4) is 0 Å². The predicted molar refractivity (Wildman–Crippen MR) is 81.4 cm³/mol. The van der Waals surface area contributed by atoms with E-state index >= 15 is 0 Å². The number of amides is 1. The van der Waals surface area contributed by atoms with Gasteiger partial charge in [0.15, 0.2) is 0 Å². The third-order valence-electron chi connectivity index (χ3n) is 3.66. The first-order valence-electron chi connectivity index (χ1n) is 7.36. The first-order chi connectivity index (χ1) is 10.2. The van der Waals surface area contributed by atoms with Gasteiger partial charge in [0.1, 0.15) is 12.7 Å². The molecule has 0 saturated carbocycles. The Balaban J connectivity index is 1.99. The average molecular weight is 286 g/mol. The Hall–Kier alpha value is -2.17. The van der Waals surface area contributed by atoms with Crippen molar-refractivity contribution in [2.24, 2.45) is 0 Å². The summed E-state index contributed by atoms with van der Waals surface area (Å²) in [5, 5.41) is 4.03. The molecule has 5 nitrogen and oxygen atoms in total. The number of aryl methyl sites for hydroxylation is 1. The summed E-state index contributed by atoms with van der Waals surface area (Å²) < 4.78 is 1.69. The fraction of sp³-hybridized carbons (Fsp3) is 0.438. The van der Waals surface area contributed by atoms with E-state index in [9.17, 15) is 4.79 Å². The molecule has 1 amide bonds. The first-order valence-corrected chi connectivity index (χ1v) is 7.36. The van der Waals surface area contributed by atoms with Gasteiger partial charge in [0, 0.05) is 19.0 Å². The van der Waals surface area contributed by atoms with Crippen LogP contribution in [0.25, 0.3) is 0 Å². The summed E-state index contributed by atoms with van der Waals surface area (Å²) >= 11 is 0. The van der Waals surface area contributed by atoms with Crippen LogP contribution in [0.1, 0.15) is 32.3 Å². The lowest BCUT2D eigenvalue weighted by molar-refractivity contribution is -0.134. The largest absolute Gasteiger partial charge is 0.336 e. The number of hydrogen-bond donors (Lipinski definition) is 0. The number of carbonyl (C=O) groups excluding carboxylic acids is 1. The molecule has 1 atom stereocenters. The highest BCUT2D eigenvalue weighted by Crippen LogP contribution is 2.12. The third kappa shape index (κ3) is 4.41. The van der Waals surface area contributed by atoms with Crippen LogP contribution in [0.15, 0.2) is 43.0 Å². The van der Waals surface area contributed by atoms with Gasteiger partial charge in [-0.05, 0) is 18.9 Å². The van der Waals surface area contributed by atoms with Gasteiger partial charge in [-0.2, -0.15) is 5.10 Å². The normalized spacial score (nSPS) is 12.1. The molecule has 0 aliphatic carbocycles. The van der Waals surface area contributed by atoms with Gasteiger partial charge >= 0.3 is 0 Å². The van der Waals surface area contributed by atoms with Gasteiger partial charge in [0.2, 0.25) is 5.91 Å². The molecule has 112 valence electrons. The molecule has 1 aromatic carbocycles. The highest BCUT2D eigenvalue weighted by molar-refractivity contribution is 5.76. The number of benzene rings is 1. The Bertz CT molecular complexity index is 539. The van der Waals surface area contributed by atoms with Crippen molar-refractivity contribution in [3.8, 4) is 0 Å². The molecule has 0 fully saturated rings. The van der Waals surface area contributed by atoms with Crippen LogP contribution in [0, 0.1) is 0 Å². The van der Waals surface area contributed by atoms with Crippen LogP contribution < -0.4 is 0 Å². The van der Waals surface area contributed by atoms with Crippen LogP contribution in [0.2, 0.25) is 0 Å². The molecule has 0 radical (unpaired) electrons. The summed E-state index contributed by atoms with van der Waals surface area (Å²) in [6.07, 6.45) is 4.52. The van der Waals surface area contributed by atoms with Crippen molar-refractivity contribution in [1.82, 2.24) is 19.7 Å². The molecule has 1 heterocycles. The van der Waals surface area contributed by atoms with Crippen molar-refractivity contribution < 1.29 is 4.79 Å². The quantitative estimate of drug-likeness (QED) is 0.785. The smallest absolute Gasteiger partial charge is 0.224 e. The van der Waals surface area contributed by atoms with Crippen molar-refractivity contribution in [1.29, 1.82) is 0 Å². The van der Waals surface area contributed by atoms with Crippen molar-refractivity contribution in [3.05, 3.63) is 48.5 Å². The van der Waals surface area contributed by atoms with E-state index in [4.69, 9.17) is 0 Å². The van der Waals surface area contributed by atoms with Gasteiger partial charge in [-0.3, -0.25) is 9.48 Å². The van der Waals surface area contributed by atoms with E-state index in [1.807, 2.05) is 23.1 Å². The number of aromatic nitrogens is 3. The molecular weight excluding hydrogens is 264 g/mol. The van der Waals surface area contributed by atoms with E-state index < -0.39 is 0 Å². The maximum absolute atomic E-state index is 12.5. The topological polar surface area (TPSA) is 51.0 Å². The second kappa shape index (κ2) is 7.57. The Morgan fingerprint density at radius 1 is 1.33 bits per heavy atom. The van der Waals surface area contributed by atoms with E-state index in [1.54, 1.807) is 11.0 Å². The molecule has 2 rings (SSSR count). The lowest BCUT2D eigenvalue weighted by Gasteiger charge is -2.29. The summed E-state index contributed by atoms with van der Waals surface area (Å²) in [6.45, 7) is 5.43. The van der Waals surface area contributed by atoms with Gasteiger partial charge in [0.05, 0.1) is 6.54 Å². The highest BCUT2D eigenvalue weighted by Gasteiger charge is 2.19. The maximum Gasteiger partial charge on any atom is 0.224 e. The zero-order chi connectivity index (χ0) is 15.1. The molecule has 2 aromatic rings. The number of hydrogen-bond acceptors (Lipinski definition) is 3. The first kappa shape index (κ1) is 15.2. The van der Waals surface area contributed by atoms with Crippen LogP contribution in [-0.2, 0) is 17.9 Å². The van der Waals surface area contributed by atoms with E-state index in [2.05, 4.69) is 36.1 Å². The molecule has 0 N–H and O–H groups in total. The number of carbonyl (C=O) groups is 1. The van der Waals surface area contributed by atoms with Gasteiger partial charge in [-0.25, -0.2) is 4.98 Å². The SMILES string of the molecule is CC[C@@H](C)N(Cc1ccccc1)C(=O)CCn1cncn1. The van der Waals surface area contributed by atoms with Crippen molar-refractivity contribution in [2.45, 2.75) is 45.8 Å². The average Bonchev–Trinajstić information content (AvgIpc) is 3.04. The number of nitrogens with zero attached hydrogens (tertiary/aromatic N) is 4. The summed E-state index contributed by atoms with van der Waals surface area (Å²) in [6, 6.07) is 10.3. The summed E-state index contributed by atoms with van der Waals surface area (Å²) in [4.78, 5) is 18.3. The molecule has 0 aliphatic rings. The molecule has 0 spiro atoms. The molecule has 0 unspecified atom stereocenters. The highest BCUT2D eigenvalue weighted by atomic mass is 16.2. The Morgan fingerprint density at radius 2 is 2.10 bits per heavy atom. The molecule has 5 heteroatoms. The Kier molecular flexibility index (Phi) is 5.49. The molecule has 1 aromatic heterocycles. The fourth-order valence-electron chi connectivity index (χ4n) is 2.19. The zero-order valence-corrected chi connectivity index (χ0v) is 12.6. The van der Waals surface area contributed by atoms with Crippen LogP contribution in [0.5, 0.6) is 0 Å². The maximum atomic E-state index is 12.5.